The standard InChI is InChI=1S/C11H10FN3O2/c12-7-4-2-1-3-6(7)9-10(16)14-8(5-13)15-11(9)17/h1-4,9H,5,13H2,(H,14,15,16,17). The van der Waals surface area contributed by atoms with Gasteiger partial charge in [0.05, 0.1) is 6.54 Å². The number of hydrogen-bond acceptors (Lipinski definition) is 3. The van der Waals surface area contributed by atoms with Crippen LogP contribution < -0.4 is 11.1 Å². The number of nitrogens with one attached hydrogen (secondary N) is 1. The Morgan fingerprint density at radius 3 is 2.65 bits per heavy atom. The Balaban J connectivity index is 2.41. The molecule has 5 nitrogen and oxygen atoms in total. The molecule has 1 heterocycles. The first-order valence-corrected chi connectivity index (χ1v) is 5.00. The lowest BCUT2D eigenvalue weighted by atomic mass is 9.96. The summed E-state index contributed by atoms with van der Waals surface area (Å²) in [6.07, 6.45) is 0. The number of hydrogen-bond donors (Lipinski definition) is 2. The third-order valence-corrected chi connectivity index (χ3v) is 2.43. The van der Waals surface area contributed by atoms with E-state index >= 15 is 0 Å². The monoisotopic (exact) mass is 235 g/mol. The van der Waals surface area contributed by atoms with E-state index < -0.39 is 23.5 Å². The molecule has 2 amide bonds. The molecule has 0 saturated carbocycles. The molecule has 1 unspecified atom stereocenters. The average Bonchev–Trinajstić information content (AvgIpc) is 2.30. The zero-order valence-electron chi connectivity index (χ0n) is 8.81. The van der Waals surface area contributed by atoms with Crippen molar-refractivity contribution in [2.24, 2.45) is 10.7 Å². The number of carbonyl (C=O) groups is 2. The maximum absolute atomic E-state index is 13.5. The average molecular weight is 235 g/mol. The lowest BCUT2D eigenvalue weighted by Gasteiger charge is -2.19. The highest BCUT2D eigenvalue weighted by Crippen LogP contribution is 2.22. The zero-order chi connectivity index (χ0) is 12.4. The third kappa shape index (κ3) is 2.07. The van der Waals surface area contributed by atoms with Gasteiger partial charge in [-0.1, -0.05) is 18.2 Å². The summed E-state index contributed by atoms with van der Waals surface area (Å²) in [5.74, 6) is -3.03. The Bertz CT molecular complexity index is 513. The SMILES string of the molecule is NCC1=NC(=O)C(c2ccccc2F)C(=O)N1. The minimum Gasteiger partial charge on any atom is -0.324 e. The fraction of sp³-hybridized carbons (Fsp3) is 0.182. The number of benzene rings is 1. The Labute approximate surface area is 96.5 Å². The predicted octanol–water partition coefficient (Wildman–Crippen LogP) is -0.0771. The molecule has 1 aromatic carbocycles. The molecule has 1 atom stereocenters. The Morgan fingerprint density at radius 1 is 1.35 bits per heavy atom. The first-order valence-electron chi connectivity index (χ1n) is 5.00. The number of rotatable bonds is 2. The molecule has 0 radical (unpaired) electrons. The number of aliphatic imine (C=N–C) groups is 1. The molecular weight excluding hydrogens is 225 g/mol. The van der Waals surface area contributed by atoms with Crippen molar-refractivity contribution >= 4 is 17.6 Å². The fourth-order valence-electron chi connectivity index (χ4n) is 1.63. The number of nitrogens with two attached hydrogens (primary N) is 1. The molecule has 17 heavy (non-hydrogen) atoms. The Hall–Kier alpha value is -2.08. The summed E-state index contributed by atoms with van der Waals surface area (Å²) in [5, 5.41) is 2.37. The van der Waals surface area contributed by atoms with E-state index in [4.69, 9.17) is 5.73 Å². The lowest BCUT2D eigenvalue weighted by molar-refractivity contribution is -0.129. The highest BCUT2D eigenvalue weighted by atomic mass is 19.1. The molecule has 0 saturated heterocycles. The second kappa shape index (κ2) is 4.42. The van der Waals surface area contributed by atoms with Crippen molar-refractivity contribution in [3.8, 4) is 0 Å². The first-order chi connectivity index (χ1) is 8.13. The fourth-order valence-corrected chi connectivity index (χ4v) is 1.63. The van der Waals surface area contributed by atoms with Gasteiger partial charge in [0.25, 0.3) is 5.91 Å². The molecule has 0 fully saturated rings. The molecule has 1 aliphatic heterocycles. The smallest absolute Gasteiger partial charge is 0.264 e. The van der Waals surface area contributed by atoms with E-state index in [9.17, 15) is 14.0 Å². The van der Waals surface area contributed by atoms with Gasteiger partial charge < -0.3 is 11.1 Å². The third-order valence-electron chi connectivity index (χ3n) is 2.43. The summed E-state index contributed by atoms with van der Waals surface area (Å²) in [6, 6.07) is 5.62. The minimum atomic E-state index is -1.23. The highest BCUT2D eigenvalue weighted by molar-refractivity contribution is 6.19. The van der Waals surface area contributed by atoms with Gasteiger partial charge in [0.2, 0.25) is 5.91 Å². The van der Waals surface area contributed by atoms with Crippen LogP contribution in [0.4, 0.5) is 4.39 Å². The van der Waals surface area contributed by atoms with E-state index in [1.165, 1.54) is 18.2 Å². The van der Waals surface area contributed by atoms with Crippen molar-refractivity contribution < 1.29 is 14.0 Å². The number of amidine groups is 1. The lowest BCUT2D eigenvalue weighted by Crippen LogP contribution is -2.45. The molecule has 0 aliphatic carbocycles. The van der Waals surface area contributed by atoms with E-state index in [1.807, 2.05) is 0 Å². The summed E-state index contributed by atoms with van der Waals surface area (Å²) in [5.41, 5.74) is 5.29. The topological polar surface area (TPSA) is 84.5 Å². The molecule has 1 aromatic rings. The molecule has 3 N–H and O–H groups in total. The summed E-state index contributed by atoms with van der Waals surface area (Å²) in [4.78, 5) is 27.0. The summed E-state index contributed by atoms with van der Waals surface area (Å²) in [6.45, 7) is -0.0402. The maximum Gasteiger partial charge on any atom is 0.264 e. The van der Waals surface area contributed by atoms with Crippen molar-refractivity contribution in [1.29, 1.82) is 0 Å². The van der Waals surface area contributed by atoms with Crippen LogP contribution in [0.1, 0.15) is 11.5 Å². The summed E-state index contributed by atoms with van der Waals surface area (Å²) < 4.78 is 13.5. The molecule has 88 valence electrons. The van der Waals surface area contributed by atoms with Gasteiger partial charge >= 0.3 is 0 Å². The molecule has 1 aliphatic rings. The first kappa shape index (κ1) is 11.4. The van der Waals surface area contributed by atoms with Crippen LogP contribution in [0.15, 0.2) is 29.3 Å². The van der Waals surface area contributed by atoms with Crippen LogP contribution in [0.2, 0.25) is 0 Å². The number of carbonyl (C=O) groups excluding carboxylic acids is 2. The van der Waals surface area contributed by atoms with Gasteiger partial charge in [-0.3, -0.25) is 9.59 Å². The van der Waals surface area contributed by atoms with Crippen molar-refractivity contribution in [1.82, 2.24) is 5.32 Å². The Morgan fingerprint density at radius 2 is 2.06 bits per heavy atom. The molecule has 0 spiro atoms. The molecule has 0 aromatic heterocycles. The quantitative estimate of drug-likeness (QED) is 0.703. The van der Waals surface area contributed by atoms with E-state index in [-0.39, 0.29) is 17.9 Å². The van der Waals surface area contributed by atoms with Gasteiger partial charge in [-0.05, 0) is 6.07 Å². The summed E-state index contributed by atoms with van der Waals surface area (Å²) in [7, 11) is 0. The number of nitrogens with zero attached hydrogens (tertiary/aromatic N) is 1. The largest absolute Gasteiger partial charge is 0.324 e. The van der Waals surface area contributed by atoms with Gasteiger partial charge in [0.1, 0.15) is 17.6 Å². The van der Waals surface area contributed by atoms with Gasteiger partial charge in [-0.25, -0.2) is 4.39 Å². The van der Waals surface area contributed by atoms with Crippen LogP contribution in [0, 0.1) is 5.82 Å². The van der Waals surface area contributed by atoms with Gasteiger partial charge in [0.15, 0.2) is 0 Å². The molecule has 0 bridgehead atoms. The number of halogens is 1. The molecular formula is C11H10FN3O2. The normalized spacial score (nSPS) is 19.9. The predicted molar refractivity (Wildman–Crippen MR) is 58.8 cm³/mol. The van der Waals surface area contributed by atoms with Crippen LogP contribution in [-0.2, 0) is 9.59 Å². The maximum atomic E-state index is 13.5. The summed E-state index contributed by atoms with van der Waals surface area (Å²) >= 11 is 0. The van der Waals surface area contributed by atoms with Crippen molar-refractivity contribution in [3.63, 3.8) is 0 Å². The Kier molecular flexibility index (Phi) is 2.97. The van der Waals surface area contributed by atoms with Crippen molar-refractivity contribution in [3.05, 3.63) is 35.6 Å². The zero-order valence-corrected chi connectivity index (χ0v) is 8.81. The number of amides is 2. The second-order valence-electron chi connectivity index (χ2n) is 3.54. The van der Waals surface area contributed by atoms with Crippen LogP contribution in [-0.4, -0.2) is 24.2 Å². The molecule has 6 heteroatoms. The van der Waals surface area contributed by atoms with Gasteiger partial charge in [-0.2, -0.15) is 4.99 Å². The van der Waals surface area contributed by atoms with Crippen LogP contribution >= 0.6 is 0 Å². The van der Waals surface area contributed by atoms with Gasteiger partial charge in [0, 0.05) is 5.56 Å². The van der Waals surface area contributed by atoms with E-state index in [0.717, 1.165) is 0 Å². The highest BCUT2D eigenvalue weighted by Gasteiger charge is 2.34. The van der Waals surface area contributed by atoms with Gasteiger partial charge in [-0.15, -0.1) is 0 Å². The van der Waals surface area contributed by atoms with Crippen molar-refractivity contribution in [2.75, 3.05) is 6.54 Å². The van der Waals surface area contributed by atoms with Crippen LogP contribution in [0.5, 0.6) is 0 Å². The van der Waals surface area contributed by atoms with E-state index in [0.29, 0.717) is 0 Å². The van der Waals surface area contributed by atoms with Crippen LogP contribution in [0.25, 0.3) is 0 Å². The minimum absolute atomic E-state index is 0.0230. The van der Waals surface area contributed by atoms with Crippen molar-refractivity contribution in [2.45, 2.75) is 5.92 Å². The van der Waals surface area contributed by atoms with E-state index in [1.54, 1.807) is 6.07 Å². The van der Waals surface area contributed by atoms with Crippen LogP contribution in [0.3, 0.4) is 0 Å². The second-order valence-corrected chi connectivity index (χ2v) is 3.54. The van der Waals surface area contributed by atoms with E-state index in [2.05, 4.69) is 10.3 Å². The molecule has 2 rings (SSSR count).